The summed E-state index contributed by atoms with van der Waals surface area (Å²) in [7, 11) is 0. The molecule has 1 fully saturated rings. The molecule has 0 amide bonds. The molecule has 0 heterocycles. The number of Topliss-reactive ketones (excluding diaryl/α,β-unsaturated/α-hetero) is 2. The van der Waals surface area contributed by atoms with E-state index in [-0.39, 0.29) is 0 Å². The Bertz CT molecular complexity index is 345. The van der Waals surface area contributed by atoms with Gasteiger partial charge in [0.15, 0.2) is 11.6 Å². The highest BCUT2D eigenvalue weighted by molar-refractivity contribution is 6.17. The van der Waals surface area contributed by atoms with E-state index in [0.29, 0.717) is 0 Å². The van der Waals surface area contributed by atoms with Gasteiger partial charge in [0.1, 0.15) is 23.7 Å². The molecule has 0 aliphatic heterocycles. The van der Waals surface area contributed by atoms with Gasteiger partial charge in [0.05, 0.1) is 0 Å². The minimum atomic E-state index is -1.74. The van der Waals surface area contributed by atoms with Crippen LogP contribution in [0.3, 0.4) is 0 Å². The highest BCUT2D eigenvalue weighted by atomic mass is 16.4. The number of hydrogen-bond acceptors (Lipinski definition) is 5. The van der Waals surface area contributed by atoms with Gasteiger partial charge in [-0.3, -0.25) is 9.59 Å². The second-order valence-corrected chi connectivity index (χ2v) is 3.70. The smallest absolute Gasteiger partial charge is 0.185 e. The van der Waals surface area contributed by atoms with Crippen molar-refractivity contribution in [2.45, 2.75) is 18.3 Å². The fraction of sp³-hybridized carbons (Fsp3) is 0.400. The molecule has 0 aromatic rings. The van der Waals surface area contributed by atoms with Crippen molar-refractivity contribution in [1.29, 1.82) is 0 Å². The molecule has 0 saturated heterocycles. The third-order valence-corrected chi connectivity index (χ3v) is 2.83. The Morgan fingerprint density at radius 1 is 0.933 bits per heavy atom. The molecular weight excluding hydrogens is 200 g/mol. The normalized spacial score (nSPS) is 37.9. The molecule has 0 bridgehead atoms. The van der Waals surface area contributed by atoms with Gasteiger partial charge >= 0.3 is 0 Å². The van der Waals surface area contributed by atoms with Crippen LogP contribution in [0.4, 0.5) is 0 Å². The Kier molecular flexibility index (Phi) is 2.11. The van der Waals surface area contributed by atoms with Gasteiger partial charge in [-0.1, -0.05) is 24.3 Å². The Hall–Kier alpha value is -1.30. The highest BCUT2D eigenvalue weighted by Gasteiger charge is 2.56. The predicted molar refractivity (Wildman–Crippen MR) is 48.7 cm³/mol. The standard InChI is InChI=1S/C10H10O5/c11-5-6(12)8(14)10(3-1-2-4-10)9(15)7(5)13/h1-7,11-13H. The monoisotopic (exact) mass is 210 g/mol. The van der Waals surface area contributed by atoms with E-state index < -0.39 is 35.3 Å². The quantitative estimate of drug-likeness (QED) is 0.416. The zero-order chi connectivity index (χ0) is 11.2. The first kappa shape index (κ1) is 10.2. The molecule has 5 nitrogen and oxygen atoms in total. The van der Waals surface area contributed by atoms with Crippen LogP contribution in [0.2, 0.25) is 0 Å². The molecule has 80 valence electrons. The molecule has 1 saturated carbocycles. The van der Waals surface area contributed by atoms with Crippen LogP contribution in [0.25, 0.3) is 0 Å². The molecule has 1 spiro atoms. The number of carbonyl (C=O) groups is 2. The van der Waals surface area contributed by atoms with Gasteiger partial charge in [0.2, 0.25) is 0 Å². The summed E-state index contributed by atoms with van der Waals surface area (Å²) in [5, 5.41) is 28.0. The number of aliphatic hydroxyl groups excluding tert-OH is 3. The van der Waals surface area contributed by atoms with Crippen LogP contribution in [0.1, 0.15) is 0 Å². The Morgan fingerprint density at radius 2 is 1.33 bits per heavy atom. The number of carbonyl (C=O) groups excluding carboxylic acids is 2. The number of hydrogen-bond donors (Lipinski definition) is 3. The van der Waals surface area contributed by atoms with E-state index in [9.17, 15) is 24.9 Å². The lowest BCUT2D eigenvalue weighted by molar-refractivity contribution is -0.166. The van der Waals surface area contributed by atoms with Crippen molar-refractivity contribution in [3.05, 3.63) is 24.3 Å². The van der Waals surface area contributed by atoms with Gasteiger partial charge in [-0.2, -0.15) is 0 Å². The minimum Gasteiger partial charge on any atom is -0.387 e. The van der Waals surface area contributed by atoms with Gasteiger partial charge in [0, 0.05) is 0 Å². The second-order valence-electron chi connectivity index (χ2n) is 3.70. The zero-order valence-electron chi connectivity index (χ0n) is 7.70. The highest BCUT2D eigenvalue weighted by Crippen LogP contribution is 2.36. The third-order valence-electron chi connectivity index (χ3n) is 2.83. The maximum Gasteiger partial charge on any atom is 0.185 e. The third kappa shape index (κ3) is 1.14. The minimum absolute atomic E-state index is 0.796. The van der Waals surface area contributed by atoms with Crippen molar-refractivity contribution in [2.24, 2.45) is 5.41 Å². The van der Waals surface area contributed by atoms with E-state index in [4.69, 9.17) is 0 Å². The molecule has 5 heteroatoms. The zero-order valence-corrected chi connectivity index (χ0v) is 7.70. The number of allylic oxidation sites excluding steroid dienone is 4. The molecule has 0 aromatic carbocycles. The maximum atomic E-state index is 11.7. The number of aliphatic hydroxyl groups is 3. The SMILES string of the molecule is O=C1C(O)C(O)C(O)C(=O)C12C=CC=C2. The van der Waals surface area contributed by atoms with Crippen molar-refractivity contribution >= 4 is 11.6 Å². The molecule has 0 radical (unpaired) electrons. The summed E-state index contributed by atoms with van der Waals surface area (Å²) < 4.78 is 0. The van der Waals surface area contributed by atoms with E-state index in [1.54, 1.807) is 0 Å². The van der Waals surface area contributed by atoms with Crippen LogP contribution in [-0.4, -0.2) is 45.2 Å². The van der Waals surface area contributed by atoms with E-state index >= 15 is 0 Å². The first-order valence-electron chi connectivity index (χ1n) is 4.50. The van der Waals surface area contributed by atoms with Gasteiger partial charge in [0.25, 0.3) is 0 Å². The molecular formula is C10H10O5. The lowest BCUT2D eigenvalue weighted by atomic mass is 9.69. The van der Waals surface area contributed by atoms with Crippen LogP contribution in [0, 0.1) is 5.41 Å². The van der Waals surface area contributed by atoms with Gasteiger partial charge in [-0.15, -0.1) is 0 Å². The summed E-state index contributed by atoms with van der Waals surface area (Å²) >= 11 is 0. The maximum absolute atomic E-state index is 11.7. The van der Waals surface area contributed by atoms with E-state index in [0.717, 1.165) is 0 Å². The van der Waals surface area contributed by atoms with E-state index in [2.05, 4.69) is 0 Å². The van der Waals surface area contributed by atoms with Gasteiger partial charge in [-0.05, 0) is 0 Å². The Morgan fingerprint density at radius 3 is 1.73 bits per heavy atom. The summed E-state index contributed by atoms with van der Waals surface area (Å²) in [6.45, 7) is 0. The fourth-order valence-corrected chi connectivity index (χ4v) is 1.89. The summed E-state index contributed by atoms with van der Waals surface area (Å²) in [6.07, 6.45) is 0.416. The average Bonchev–Trinajstić information content (AvgIpc) is 2.72. The Balaban J connectivity index is 2.48. The first-order valence-corrected chi connectivity index (χ1v) is 4.50. The van der Waals surface area contributed by atoms with Crippen molar-refractivity contribution in [3.63, 3.8) is 0 Å². The largest absolute Gasteiger partial charge is 0.387 e. The molecule has 0 aromatic heterocycles. The molecule has 2 rings (SSSR count). The fourth-order valence-electron chi connectivity index (χ4n) is 1.89. The lowest BCUT2D eigenvalue weighted by Gasteiger charge is -2.36. The summed E-state index contributed by atoms with van der Waals surface area (Å²) in [6, 6.07) is 0. The predicted octanol–water partition coefficient (Wildman–Crippen LogP) is -1.67. The van der Waals surface area contributed by atoms with Gasteiger partial charge in [-0.25, -0.2) is 0 Å². The number of rotatable bonds is 0. The van der Waals surface area contributed by atoms with Crippen molar-refractivity contribution in [1.82, 2.24) is 0 Å². The van der Waals surface area contributed by atoms with Crippen LogP contribution in [0.5, 0.6) is 0 Å². The topological polar surface area (TPSA) is 94.8 Å². The molecule has 15 heavy (non-hydrogen) atoms. The number of ketones is 2. The van der Waals surface area contributed by atoms with Crippen molar-refractivity contribution in [2.75, 3.05) is 0 Å². The average molecular weight is 210 g/mol. The lowest BCUT2D eigenvalue weighted by Crippen LogP contribution is -2.61. The summed E-state index contributed by atoms with van der Waals surface area (Å²) in [5.41, 5.74) is -1.59. The first-order chi connectivity index (χ1) is 7.00. The van der Waals surface area contributed by atoms with Crippen molar-refractivity contribution < 1.29 is 24.9 Å². The molecule has 2 unspecified atom stereocenters. The molecule has 2 atom stereocenters. The summed E-state index contributed by atoms with van der Waals surface area (Å²) in [5.74, 6) is -1.59. The van der Waals surface area contributed by atoms with Crippen molar-refractivity contribution in [3.8, 4) is 0 Å². The molecule has 2 aliphatic rings. The summed E-state index contributed by atoms with van der Waals surface area (Å²) in [4.78, 5) is 23.3. The van der Waals surface area contributed by atoms with Crippen LogP contribution in [0.15, 0.2) is 24.3 Å². The van der Waals surface area contributed by atoms with E-state index in [1.165, 1.54) is 24.3 Å². The van der Waals surface area contributed by atoms with Crippen LogP contribution in [-0.2, 0) is 9.59 Å². The van der Waals surface area contributed by atoms with Gasteiger partial charge < -0.3 is 15.3 Å². The van der Waals surface area contributed by atoms with E-state index in [1.807, 2.05) is 0 Å². The second kappa shape index (κ2) is 3.10. The molecule has 2 aliphatic carbocycles. The van der Waals surface area contributed by atoms with Crippen LogP contribution >= 0.6 is 0 Å². The molecule has 3 N–H and O–H groups in total. The van der Waals surface area contributed by atoms with Crippen LogP contribution < -0.4 is 0 Å². The Labute approximate surface area is 85.3 Å².